The average Bonchev–Trinajstić information content (AvgIpc) is 2.61. The third-order valence-corrected chi connectivity index (χ3v) is 2.33. The highest BCUT2D eigenvalue weighted by molar-refractivity contribution is 4.74. The van der Waals surface area contributed by atoms with Crippen molar-refractivity contribution in [1.29, 1.82) is 0 Å². The van der Waals surface area contributed by atoms with Crippen LogP contribution in [0.1, 0.15) is 20.3 Å². The Morgan fingerprint density at radius 2 is 1.17 bits per heavy atom. The van der Waals surface area contributed by atoms with Gasteiger partial charge in [0.1, 0.15) is 6.61 Å². The van der Waals surface area contributed by atoms with E-state index < -0.39 is 5.97 Å². The highest BCUT2D eigenvalue weighted by Crippen LogP contribution is 2.17. The lowest BCUT2D eigenvalue weighted by atomic mass is 10.5. The first-order valence-electron chi connectivity index (χ1n) is 8.17. The summed E-state index contributed by atoms with van der Waals surface area (Å²) in [6, 6.07) is 0. The molecule has 0 saturated heterocycles. The zero-order chi connectivity index (χ0) is 18.5. The normalized spacial score (nSPS) is 10.4. The fraction of sp³-hybridized carbons (Fsp3) is 0.579. The number of rotatable bonds is 16. The van der Waals surface area contributed by atoms with Crippen LogP contribution >= 0.6 is 0 Å². The first-order valence-corrected chi connectivity index (χ1v) is 8.17. The van der Waals surface area contributed by atoms with Gasteiger partial charge in [-0.25, -0.2) is 0 Å². The number of ether oxygens (including phenoxy) is 5. The molecule has 0 aromatic carbocycles. The molecule has 0 bridgehead atoms. The van der Waals surface area contributed by atoms with Gasteiger partial charge in [0.2, 0.25) is 0 Å². The minimum Gasteiger partial charge on any atom is -0.382 e. The second-order valence-corrected chi connectivity index (χ2v) is 4.48. The van der Waals surface area contributed by atoms with E-state index in [2.05, 4.69) is 33.2 Å². The van der Waals surface area contributed by atoms with Crippen molar-refractivity contribution in [2.45, 2.75) is 26.2 Å². The summed E-state index contributed by atoms with van der Waals surface area (Å²) in [6.07, 6.45) is 7.59. The Morgan fingerprint density at radius 1 is 0.708 bits per heavy atom. The Morgan fingerprint density at radius 3 is 1.46 bits per heavy atom. The number of hydrogen-bond donors (Lipinski definition) is 0. The zero-order valence-corrected chi connectivity index (χ0v) is 15.3. The molecule has 0 aliphatic carbocycles. The van der Waals surface area contributed by atoms with Gasteiger partial charge in [-0.05, 0) is 13.3 Å². The summed E-state index contributed by atoms with van der Waals surface area (Å²) in [5, 5.41) is 0. The summed E-state index contributed by atoms with van der Waals surface area (Å²) in [6.45, 7) is 21.6. The Balaban J connectivity index is 0. The van der Waals surface area contributed by atoms with Gasteiger partial charge in [0, 0.05) is 13.2 Å². The molecule has 0 aliphatic rings. The van der Waals surface area contributed by atoms with E-state index in [1.165, 1.54) is 0 Å². The molecule has 0 aliphatic heterocycles. The second kappa shape index (κ2) is 19.8. The van der Waals surface area contributed by atoms with Crippen molar-refractivity contribution in [2.75, 3.05) is 46.2 Å². The van der Waals surface area contributed by atoms with Gasteiger partial charge in [-0.2, -0.15) is 0 Å². The molecule has 0 N–H and O–H groups in total. The van der Waals surface area contributed by atoms with Crippen LogP contribution in [0.2, 0.25) is 0 Å². The third-order valence-electron chi connectivity index (χ3n) is 2.33. The van der Waals surface area contributed by atoms with Crippen molar-refractivity contribution in [3.63, 3.8) is 0 Å². The molecule has 0 atom stereocenters. The molecule has 0 fully saturated rings. The van der Waals surface area contributed by atoms with Crippen LogP contribution in [-0.4, -0.2) is 52.2 Å². The molecule has 0 saturated carbocycles. The Labute approximate surface area is 147 Å². The summed E-state index contributed by atoms with van der Waals surface area (Å²) in [5.74, 6) is -1.28. The van der Waals surface area contributed by atoms with Crippen LogP contribution in [0.15, 0.2) is 50.6 Å². The van der Waals surface area contributed by atoms with Crippen LogP contribution in [0.3, 0.4) is 0 Å². The lowest BCUT2D eigenvalue weighted by Gasteiger charge is -2.31. The summed E-state index contributed by atoms with van der Waals surface area (Å²) < 4.78 is 26.9. The summed E-state index contributed by atoms with van der Waals surface area (Å²) >= 11 is 0. The maximum absolute atomic E-state index is 5.51. The Kier molecular flexibility index (Phi) is 20.6. The van der Waals surface area contributed by atoms with Crippen LogP contribution < -0.4 is 0 Å². The molecule has 0 amide bonds. The van der Waals surface area contributed by atoms with Gasteiger partial charge < -0.3 is 23.7 Å². The summed E-state index contributed by atoms with van der Waals surface area (Å²) in [5.41, 5.74) is 0. The van der Waals surface area contributed by atoms with Crippen LogP contribution in [0.4, 0.5) is 0 Å². The van der Waals surface area contributed by atoms with Gasteiger partial charge in [0.05, 0.1) is 26.4 Å². The van der Waals surface area contributed by atoms with Crippen molar-refractivity contribution >= 4 is 0 Å². The molecule has 24 heavy (non-hydrogen) atoms. The molecule has 0 aromatic rings. The lowest BCUT2D eigenvalue weighted by molar-refractivity contribution is -0.384. The summed E-state index contributed by atoms with van der Waals surface area (Å²) in [7, 11) is 0. The molecule has 5 heteroatoms. The minimum absolute atomic E-state index is 0.120. The molecule has 140 valence electrons. The largest absolute Gasteiger partial charge is 0.382 e. The van der Waals surface area contributed by atoms with Gasteiger partial charge in [-0.15, -0.1) is 26.3 Å². The van der Waals surface area contributed by atoms with Crippen LogP contribution in [0, 0.1) is 0 Å². The van der Waals surface area contributed by atoms with Crippen LogP contribution in [-0.2, 0) is 23.7 Å². The third kappa shape index (κ3) is 15.6. The maximum atomic E-state index is 5.51. The topological polar surface area (TPSA) is 46.2 Å². The van der Waals surface area contributed by atoms with Crippen molar-refractivity contribution < 1.29 is 23.7 Å². The molecule has 0 unspecified atom stereocenters. The first-order chi connectivity index (χ1) is 11.7. The standard InChI is InChI=1S/C14H22O4.C5H12O/c1-5-9-15-13-14(16-10-6-2,17-11-7-3)18-12-8-4;1-3-5-6-4-2/h5-8H,1-4,9-13H2;3-5H2,1-2H3. The molecule has 0 rings (SSSR count). The van der Waals surface area contributed by atoms with E-state index in [1.54, 1.807) is 24.3 Å². The first kappa shape index (κ1) is 25.0. The van der Waals surface area contributed by atoms with E-state index in [0.29, 0.717) is 6.61 Å². The minimum atomic E-state index is -1.28. The van der Waals surface area contributed by atoms with E-state index in [1.807, 2.05) is 6.92 Å². The van der Waals surface area contributed by atoms with Crippen molar-refractivity contribution in [3.05, 3.63) is 50.6 Å². The quantitative estimate of drug-likeness (QED) is 0.242. The predicted molar refractivity (Wildman–Crippen MR) is 99.0 cm³/mol. The molecule has 5 nitrogen and oxygen atoms in total. The van der Waals surface area contributed by atoms with E-state index in [-0.39, 0.29) is 26.4 Å². The predicted octanol–water partition coefficient (Wildman–Crippen LogP) is 3.88. The van der Waals surface area contributed by atoms with Crippen molar-refractivity contribution in [3.8, 4) is 0 Å². The fourth-order valence-electron chi connectivity index (χ4n) is 1.36. The average molecular weight is 342 g/mol. The van der Waals surface area contributed by atoms with E-state index >= 15 is 0 Å². The van der Waals surface area contributed by atoms with Crippen LogP contribution in [0.25, 0.3) is 0 Å². The lowest BCUT2D eigenvalue weighted by Crippen LogP contribution is -2.44. The molecular formula is C19H34O5. The molecule has 0 spiro atoms. The molecule has 0 radical (unpaired) electrons. The SMILES string of the molecule is C=CCOCC(OCC=C)(OCC=C)OCC=C.CCCOCC. The Hall–Kier alpha value is -1.24. The van der Waals surface area contributed by atoms with Gasteiger partial charge in [0.15, 0.2) is 0 Å². The second-order valence-electron chi connectivity index (χ2n) is 4.48. The summed E-state index contributed by atoms with van der Waals surface area (Å²) in [4.78, 5) is 0. The smallest absolute Gasteiger partial charge is 0.308 e. The van der Waals surface area contributed by atoms with Crippen molar-refractivity contribution in [1.82, 2.24) is 0 Å². The highest BCUT2D eigenvalue weighted by atomic mass is 16.9. The maximum Gasteiger partial charge on any atom is 0.308 e. The zero-order valence-electron chi connectivity index (χ0n) is 15.3. The van der Waals surface area contributed by atoms with Gasteiger partial charge >= 0.3 is 5.97 Å². The van der Waals surface area contributed by atoms with E-state index in [0.717, 1.165) is 19.6 Å². The van der Waals surface area contributed by atoms with Crippen LogP contribution in [0.5, 0.6) is 0 Å². The van der Waals surface area contributed by atoms with Gasteiger partial charge in [-0.1, -0.05) is 31.2 Å². The van der Waals surface area contributed by atoms with Gasteiger partial charge in [0.25, 0.3) is 0 Å². The highest BCUT2D eigenvalue weighted by Gasteiger charge is 2.33. The monoisotopic (exact) mass is 342 g/mol. The number of hydrogen-bond acceptors (Lipinski definition) is 5. The van der Waals surface area contributed by atoms with E-state index in [9.17, 15) is 0 Å². The van der Waals surface area contributed by atoms with E-state index in [4.69, 9.17) is 23.7 Å². The molecule has 0 heterocycles. The molecular weight excluding hydrogens is 308 g/mol. The van der Waals surface area contributed by atoms with Gasteiger partial charge in [-0.3, -0.25) is 0 Å². The fourth-order valence-corrected chi connectivity index (χ4v) is 1.36. The van der Waals surface area contributed by atoms with Crippen molar-refractivity contribution in [2.24, 2.45) is 0 Å². The Bertz CT molecular complexity index is 280. The molecule has 0 aromatic heterocycles.